The van der Waals surface area contributed by atoms with Crippen molar-refractivity contribution in [3.8, 4) is 5.75 Å². The van der Waals surface area contributed by atoms with Gasteiger partial charge in [0.2, 0.25) is 0 Å². The number of ether oxygens (including phenoxy) is 1. The Hall–Kier alpha value is -0.380. The summed E-state index contributed by atoms with van der Waals surface area (Å²) in [5.41, 5.74) is 3.21. The lowest BCUT2D eigenvalue weighted by Crippen LogP contribution is -2.13. The highest BCUT2D eigenvalue weighted by Crippen LogP contribution is 2.31. The molecule has 4 heteroatoms. The van der Waals surface area contributed by atoms with Crippen LogP contribution < -0.4 is 10.1 Å². The average molecular weight is 246 g/mol. The molecule has 1 aromatic carbocycles. The highest BCUT2D eigenvalue weighted by atomic mass is 35.5. The molecule has 0 bridgehead atoms. The van der Waals surface area contributed by atoms with Gasteiger partial charge in [-0.1, -0.05) is 11.6 Å². The van der Waals surface area contributed by atoms with Crippen molar-refractivity contribution in [2.24, 2.45) is 0 Å². The summed E-state index contributed by atoms with van der Waals surface area (Å²) in [7, 11) is 1.67. The van der Waals surface area contributed by atoms with Crippen molar-refractivity contribution in [2.45, 2.75) is 20.4 Å². The van der Waals surface area contributed by atoms with Gasteiger partial charge in [-0.15, -0.1) is 0 Å². The number of benzene rings is 1. The van der Waals surface area contributed by atoms with E-state index in [-0.39, 0.29) is 0 Å². The van der Waals surface area contributed by atoms with E-state index in [4.69, 9.17) is 16.3 Å². The van der Waals surface area contributed by atoms with E-state index in [9.17, 15) is 0 Å². The van der Waals surface area contributed by atoms with Crippen molar-refractivity contribution in [3.05, 3.63) is 27.8 Å². The third-order valence-corrected chi connectivity index (χ3v) is 3.21. The molecule has 0 saturated carbocycles. The Kier molecular flexibility index (Phi) is 4.77. The zero-order chi connectivity index (χ0) is 11.4. The number of aryl methyl sites for hydroxylation is 1. The van der Waals surface area contributed by atoms with Crippen molar-refractivity contribution in [2.75, 3.05) is 13.0 Å². The van der Waals surface area contributed by atoms with Crippen molar-refractivity contribution >= 4 is 24.2 Å². The SMILES string of the molecule is COc1cc(C)c(Cl)c(C)c1CNCS. The minimum atomic E-state index is 0.633. The lowest BCUT2D eigenvalue weighted by molar-refractivity contribution is 0.407. The standard InChI is InChI=1S/C11H16ClNOS/c1-7-4-10(14-3)9(5-13-6-15)8(2)11(7)12/h4,13,15H,5-6H2,1-3H3. The molecule has 0 aromatic heterocycles. The molecule has 0 unspecified atom stereocenters. The maximum atomic E-state index is 6.19. The molecule has 1 N–H and O–H groups in total. The van der Waals surface area contributed by atoms with Gasteiger partial charge >= 0.3 is 0 Å². The zero-order valence-corrected chi connectivity index (χ0v) is 10.9. The number of hydrogen-bond donors (Lipinski definition) is 2. The molecule has 0 aliphatic heterocycles. The van der Waals surface area contributed by atoms with E-state index in [1.54, 1.807) is 7.11 Å². The van der Waals surface area contributed by atoms with Crippen LogP contribution in [0.3, 0.4) is 0 Å². The quantitative estimate of drug-likeness (QED) is 0.629. The zero-order valence-electron chi connectivity index (χ0n) is 9.22. The fourth-order valence-corrected chi connectivity index (χ4v) is 1.82. The molecule has 1 rings (SSSR count). The molecule has 15 heavy (non-hydrogen) atoms. The first-order valence-corrected chi connectivity index (χ1v) is 5.77. The molecule has 0 aliphatic rings. The molecule has 0 fully saturated rings. The highest BCUT2D eigenvalue weighted by molar-refractivity contribution is 7.80. The summed E-state index contributed by atoms with van der Waals surface area (Å²) in [6.07, 6.45) is 0. The van der Waals surface area contributed by atoms with Gasteiger partial charge in [0, 0.05) is 23.0 Å². The van der Waals surface area contributed by atoms with Crippen LogP contribution in [-0.4, -0.2) is 13.0 Å². The smallest absolute Gasteiger partial charge is 0.123 e. The number of nitrogens with one attached hydrogen (secondary N) is 1. The van der Waals surface area contributed by atoms with Crippen LogP contribution in [0.25, 0.3) is 0 Å². The van der Waals surface area contributed by atoms with Crippen LogP contribution in [0.5, 0.6) is 5.75 Å². The number of halogens is 1. The van der Waals surface area contributed by atoms with Crippen molar-refractivity contribution in [3.63, 3.8) is 0 Å². The topological polar surface area (TPSA) is 21.3 Å². The van der Waals surface area contributed by atoms with E-state index >= 15 is 0 Å². The Balaban J connectivity index is 3.15. The fraction of sp³-hybridized carbons (Fsp3) is 0.455. The maximum absolute atomic E-state index is 6.19. The normalized spacial score (nSPS) is 10.5. The number of thiol groups is 1. The van der Waals surface area contributed by atoms with Gasteiger partial charge in [-0.3, -0.25) is 0 Å². The summed E-state index contributed by atoms with van der Waals surface area (Å²) in [5, 5.41) is 3.96. The second kappa shape index (κ2) is 5.64. The van der Waals surface area contributed by atoms with Gasteiger partial charge in [0.05, 0.1) is 7.11 Å². The minimum Gasteiger partial charge on any atom is -0.496 e. The van der Waals surface area contributed by atoms with E-state index in [1.165, 1.54) is 0 Å². The summed E-state index contributed by atoms with van der Waals surface area (Å²) in [5.74, 6) is 1.51. The summed E-state index contributed by atoms with van der Waals surface area (Å²) < 4.78 is 5.34. The van der Waals surface area contributed by atoms with Crippen LogP contribution in [0.4, 0.5) is 0 Å². The molecular formula is C11H16ClNOS. The molecule has 0 saturated heterocycles. The number of hydrogen-bond acceptors (Lipinski definition) is 3. The minimum absolute atomic E-state index is 0.633. The van der Waals surface area contributed by atoms with Gasteiger partial charge < -0.3 is 10.1 Å². The second-order valence-corrected chi connectivity index (χ2v) is 4.09. The second-order valence-electron chi connectivity index (χ2n) is 3.40. The van der Waals surface area contributed by atoms with Crippen molar-refractivity contribution in [1.82, 2.24) is 5.32 Å². The monoisotopic (exact) mass is 245 g/mol. The first kappa shape index (κ1) is 12.7. The van der Waals surface area contributed by atoms with Crippen molar-refractivity contribution < 1.29 is 4.74 Å². The van der Waals surface area contributed by atoms with E-state index < -0.39 is 0 Å². The predicted octanol–water partition coefficient (Wildman–Crippen LogP) is 2.94. The molecule has 0 spiro atoms. The van der Waals surface area contributed by atoms with Crippen LogP contribution >= 0.6 is 24.2 Å². The van der Waals surface area contributed by atoms with E-state index in [1.807, 2.05) is 19.9 Å². The average Bonchev–Trinajstić information content (AvgIpc) is 2.24. The maximum Gasteiger partial charge on any atom is 0.123 e. The van der Waals surface area contributed by atoms with Gasteiger partial charge in [-0.05, 0) is 31.0 Å². The van der Waals surface area contributed by atoms with Gasteiger partial charge in [0.25, 0.3) is 0 Å². The first-order valence-electron chi connectivity index (χ1n) is 4.76. The molecule has 2 nitrogen and oxygen atoms in total. The van der Waals surface area contributed by atoms with Crippen LogP contribution in [0.15, 0.2) is 6.07 Å². The third-order valence-electron chi connectivity index (χ3n) is 2.41. The highest BCUT2D eigenvalue weighted by Gasteiger charge is 2.11. The van der Waals surface area contributed by atoms with Crippen molar-refractivity contribution in [1.29, 1.82) is 0 Å². The van der Waals surface area contributed by atoms with Gasteiger partial charge in [0.1, 0.15) is 5.75 Å². The Morgan fingerprint density at radius 2 is 2.13 bits per heavy atom. The Bertz CT molecular complexity index is 355. The van der Waals surface area contributed by atoms with E-state index in [0.717, 1.165) is 34.0 Å². The molecule has 0 radical (unpaired) electrons. The lowest BCUT2D eigenvalue weighted by Gasteiger charge is -2.15. The first-order chi connectivity index (χ1) is 7.11. The van der Waals surface area contributed by atoms with Crippen LogP contribution in [0.2, 0.25) is 5.02 Å². The lowest BCUT2D eigenvalue weighted by atomic mass is 10.0. The molecule has 0 heterocycles. The molecule has 84 valence electrons. The van der Waals surface area contributed by atoms with E-state index in [2.05, 4.69) is 17.9 Å². The van der Waals surface area contributed by atoms with Gasteiger partial charge in [0.15, 0.2) is 0 Å². The third kappa shape index (κ3) is 2.80. The van der Waals surface area contributed by atoms with Crippen LogP contribution in [0.1, 0.15) is 16.7 Å². The summed E-state index contributed by atoms with van der Waals surface area (Å²) >= 11 is 10.3. The molecule has 0 aliphatic carbocycles. The Labute approximate surface area is 101 Å². The Morgan fingerprint density at radius 1 is 1.47 bits per heavy atom. The fourth-order valence-electron chi connectivity index (χ4n) is 1.54. The van der Waals surface area contributed by atoms with Crippen LogP contribution in [0, 0.1) is 13.8 Å². The molecule has 1 aromatic rings. The van der Waals surface area contributed by atoms with E-state index in [0.29, 0.717) is 5.88 Å². The summed E-state index contributed by atoms with van der Waals surface area (Å²) in [6.45, 7) is 4.71. The molecule has 0 amide bonds. The predicted molar refractivity (Wildman–Crippen MR) is 68.2 cm³/mol. The largest absolute Gasteiger partial charge is 0.496 e. The number of methoxy groups -OCH3 is 1. The Morgan fingerprint density at radius 3 is 2.67 bits per heavy atom. The van der Waals surface area contributed by atoms with Gasteiger partial charge in [-0.2, -0.15) is 12.6 Å². The summed E-state index contributed by atoms with van der Waals surface area (Å²) in [6, 6.07) is 1.96. The number of rotatable bonds is 4. The molecule has 0 atom stereocenters. The summed E-state index contributed by atoms with van der Waals surface area (Å²) in [4.78, 5) is 0. The van der Waals surface area contributed by atoms with Crippen LogP contribution in [-0.2, 0) is 6.54 Å². The van der Waals surface area contributed by atoms with Gasteiger partial charge in [-0.25, -0.2) is 0 Å². The molecular weight excluding hydrogens is 230 g/mol.